The first-order valence-corrected chi connectivity index (χ1v) is 7.85. The molecule has 2 amide bonds. The van der Waals surface area contributed by atoms with Crippen LogP contribution >= 0.6 is 0 Å². The Hall–Kier alpha value is -1.76. The van der Waals surface area contributed by atoms with Crippen LogP contribution in [0.15, 0.2) is 24.3 Å². The lowest BCUT2D eigenvalue weighted by Gasteiger charge is -2.24. The van der Waals surface area contributed by atoms with Gasteiger partial charge in [-0.2, -0.15) is 13.2 Å². The monoisotopic (exact) mass is 346 g/mol. The molecule has 0 aromatic heterocycles. The molecule has 0 aliphatic carbocycles. The number of nitrogens with one attached hydrogen (secondary N) is 2. The van der Waals surface area contributed by atoms with E-state index in [-0.39, 0.29) is 24.1 Å². The van der Waals surface area contributed by atoms with Gasteiger partial charge in [-0.15, -0.1) is 0 Å². The number of carbonyl (C=O) groups excluding carboxylic acids is 1. The quantitative estimate of drug-likeness (QED) is 0.709. The molecule has 1 atom stereocenters. The summed E-state index contributed by atoms with van der Waals surface area (Å²) >= 11 is 0. The van der Waals surface area contributed by atoms with Gasteiger partial charge in [0.2, 0.25) is 0 Å². The average molecular weight is 346 g/mol. The number of urea groups is 1. The number of alkyl halides is 3. The van der Waals surface area contributed by atoms with Crippen LogP contribution in [0.4, 0.5) is 18.0 Å². The van der Waals surface area contributed by atoms with Crippen molar-refractivity contribution in [1.29, 1.82) is 0 Å². The van der Waals surface area contributed by atoms with Crippen molar-refractivity contribution in [2.45, 2.75) is 45.8 Å². The zero-order valence-corrected chi connectivity index (χ0v) is 14.2. The van der Waals surface area contributed by atoms with Crippen LogP contribution in [-0.2, 0) is 12.6 Å². The summed E-state index contributed by atoms with van der Waals surface area (Å²) in [7, 11) is 0. The SMILES string of the molecule is CC(Cc1ccc(C(F)(F)F)cc1)NC(=O)NCC(C)(C)CCO. The minimum absolute atomic E-state index is 0.0562. The Bertz CT molecular complexity index is 528. The molecule has 1 aromatic rings. The Morgan fingerprint density at radius 2 is 1.79 bits per heavy atom. The van der Waals surface area contributed by atoms with Gasteiger partial charge in [-0.25, -0.2) is 4.79 Å². The largest absolute Gasteiger partial charge is 0.416 e. The first-order valence-electron chi connectivity index (χ1n) is 7.85. The van der Waals surface area contributed by atoms with Crippen molar-refractivity contribution in [1.82, 2.24) is 10.6 Å². The predicted molar refractivity (Wildman–Crippen MR) is 86.6 cm³/mol. The molecule has 0 radical (unpaired) electrons. The molecule has 3 N–H and O–H groups in total. The van der Waals surface area contributed by atoms with Crippen molar-refractivity contribution in [3.63, 3.8) is 0 Å². The normalized spacial score (nSPS) is 13.5. The average Bonchev–Trinajstić information content (AvgIpc) is 2.44. The van der Waals surface area contributed by atoms with E-state index in [2.05, 4.69) is 10.6 Å². The minimum atomic E-state index is -4.34. The number of benzene rings is 1. The van der Waals surface area contributed by atoms with E-state index in [9.17, 15) is 18.0 Å². The van der Waals surface area contributed by atoms with Crippen molar-refractivity contribution in [3.8, 4) is 0 Å². The zero-order valence-electron chi connectivity index (χ0n) is 14.2. The third-order valence-corrected chi connectivity index (χ3v) is 3.72. The van der Waals surface area contributed by atoms with Crippen LogP contribution in [0.3, 0.4) is 0 Å². The van der Waals surface area contributed by atoms with Gasteiger partial charge in [0.1, 0.15) is 0 Å². The molecule has 0 fully saturated rings. The van der Waals surface area contributed by atoms with E-state index < -0.39 is 11.7 Å². The summed E-state index contributed by atoms with van der Waals surface area (Å²) in [6.45, 7) is 6.15. The molecule has 0 bridgehead atoms. The second-order valence-corrected chi connectivity index (χ2v) is 6.76. The number of halogens is 3. The Kier molecular flexibility index (Phi) is 7.08. The maximum atomic E-state index is 12.5. The molecular formula is C17H25F3N2O2. The van der Waals surface area contributed by atoms with Gasteiger partial charge in [-0.1, -0.05) is 26.0 Å². The van der Waals surface area contributed by atoms with E-state index in [0.29, 0.717) is 19.4 Å². The fourth-order valence-electron chi connectivity index (χ4n) is 2.22. The number of carbonyl (C=O) groups is 1. The van der Waals surface area contributed by atoms with E-state index in [4.69, 9.17) is 5.11 Å². The molecule has 0 spiro atoms. The molecular weight excluding hydrogens is 321 g/mol. The summed E-state index contributed by atoms with van der Waals surface area (Å²) in [5.41, 5.74) is -0.171. The van der Waals surface area contributed by atoms with Gasteiger partial charge in [-0.3, -0.25) is 0 Å². The van der Waals surface area contributed by atoms with Crippen molar-refractivity contribution in [2.24, 2.45) is 5.41 Å². The predicted octanol–water partition coefficient (Wildman–Crippen LogP) is 3.34. The molecule has 0 saturated carbocycles. The molecule has 4 nitrogen and oxygen atoms in total. The van der Waals surface area contributed by atoms with Gasteiger partial charge in [-0.05, 0) is 42.9 Å². The maximum Gasteiger partial charge on any atom is 0.416 e. The summed E-state index contributed by atoms with van der Waals surface area (Å²) in [6, 6.07) is 4.37. The van der Waals surface area contributed by atoms with Gasteiger partial charge in [0.25, 0.3) is 0 Å². The third-order valence-electron chi connectivity index (χ3n) is 3.72. The Labute approximate surface area is 140 Å². The fourth-order valence-corrected chi connectivity index (χ4v) is 2.22. The van der Waals surface area contributed by atoms with Gasteiger partial charge < -0.3 is 15.7 Å². The van der Waals surface area contributed by atoms with Crippen LogP contribution in [0.25, 0.3) is 0 Å². The summed E-state index contributed by atoms with van der Waals surface area (Å²) in [6.07, 6.45) is -3.33. The molecule has 0 aliphatic heterocycles. The topological polar surface area (TPSA) is 61.4 Å². The van der Waals surface area contributed by atoms with Crippen molar-refractivity contribution in [3.05, 3.63) is 35.4 Å². The van der Waals surface area contributed by atoms with E-state index in [1.807, 2.05) is 13.8 Å². The van der Waals surface area contributed by atoms with Gasteiger partial charge in [0.05, 0.1) is 5.56 Å². The van der Waals surface area contributed by atoms with Crippen molar-refractivity contribution < 1.29 is 23.1 Å². The van der Waals surface area contributed by atoms with Crippen molar-refractivity contribution >= 4 is 6.03 Å². The number of hydrogen-bond donors (Lipinski definition) is 3. The minimum Gasteiger partial charge on any atom is -0.396 e. The highest BCUT2D eigenvalue weighted by Crippen LogP contribution is 2.29. The zero-order chi connectivity index (χ0) is 18.4. The summed E-state index contributed by atoms with van der Waals surface area (Å²) in [5, 5.41) is 14.4. The smallest absolute Gasteiger partial charge is 0.396 e. The summed E-state index contributed by atoms with van der Waals surface area (Å²) < 4.78 is 37.5. The molecule has 1 unspecified atom stereocenters. The first kappa shape index (κ1) is 20.3. The lowest BCUT2D eigenvalue weighted by Crippen LogP contribution is -2.45. The molecule has 24 heavy (non-hydrogen) atoms. The molecule has 0 aliphatic rings. The van der Waals surface area contributed by atoms with E-state index in [1.165, 1.54) is 12.1 Å². The van der Waals surface area contributed by atoms with Crippen LogP contribution in [0.1, 0.15) is 38.3 Å². The van der Waals surface area contributed by atoms with Crippen LogP contribution in [0.2, 0.25) is 0 Å². The van der Waals surface area contributed by atoms with E-state index >= 15 is 0 Å². The highest BCUT2D eigenvalue weighted by molar-refractivity contribution is 5.74. The highest BCUT2D eigenvalue weighted by Gasteiger charge is 2.30. The Balaban J connectivity index is 2.45. The van der Waals surface area contributed by atoms with Crippen LogP contribution < -0.4 is 10.6 Å². The van der Waals surface area contributed by atoms with Gasteiger partial charge >= 0.3 is 12.2 Å². The van der Waals surface area contributed by atoms with Crippen molar-refractivity contribution in [2.75, 3.05) is 13.2 Å². The first-order chi connectivity index (χ1) is 11.0. The third kappa shape index (κ3) is 7.21. The number of amides is 2. The lowest BCUT2D eigenvalue weighted by atomic mass is 9.90. The Morgan fingerprint density at radius 1 is 1.21 bits per heavy atom. The molecule has 7 heteroatoms. The van der Waals surface area contributed by atoms with Gasteiger partial charge in [0, 0.05) is 19.2 Å². The van der Waals surface area contributed by atoms with E-state index in [0.717, 1.165) is 17.7 Å². The molecule has 0 saturated heterocycles. The highest BCUT2D eigenvalue weighted by atomic mass is 19.4. The number of aliphatic hydroxyl groups is 1. The summed E-state index contributed by atoms with van der Waals surface area (Å²) in [4.78, 5) is 11.8. The fraction of sp³-hybridized carbons (Fsp3) is 0.588. The standard InChI is InChI=1S/C17H25F3N2O2/c1-12(22-15(24)21-11-16(2,3)8-9-23)10-13-4-6-14(7-5-13)17(18,19)20/h4-7,12,23H,8-11H2,1-3H3,(H2,21,22,24). The van der Waals surface area contributed by atoms with E-state index in [1.54, 1.807) is 6.92 Å². The summed E-state index contributed by atoms with van der Waals surface area (Å²) in [5.74, 6) is 0. The van der Waals surface area contributed by atoms with Crippen LogP contribution in [0.5, 0.6) is 0 Å². The van der Waals surface area contributed by atoms with Crippen LogP contribution in [-0.4, -0.2) is 30.3 Å². The molecule has 1 rings (SSSR count). The second-order valence-electron chi connectivity index (χ2n) is 6.76. The molecule has 136 valence electrons. The van der Waals surface area contributed by atoms with Crippen LogP contribution in [0, 0.1) is 5.41 Å². The number of aliphatic hydroxyl groups excluding tert-OH is 1. The molecule has 1 aromatic carbocycles. The molecule has 0 heterocycles. The number of rotatable bonds is 7. The Morgan fingerprint density at radius 3 is 2.29 bits per heavy atom. The second kappa shape index (κ2) is 8.37. The lowest BCUT2D eigenvalue weighted by molar-refractivity contribution is -0.137. The maximum absolute atomic E-state index is 12.5. The van der Waals surface area contributed by atoms with Gasteiger partial charge in [0.15, 0.2) is 0 Å². The number of hydrogen-bond acceptors (Lipinski definition) is 2.